The molecule has 0 aliphatic heterocycles. The van der Waals surface area contributed by atoms with Crippen LogP contribution in [0.4, 0.5) is 4.79 Å². The summed E-state index contributed by atoms with van der Waals surface area (Å²) in [5.74, 6) is 0. The summed E-state index contributed by atoms with van der Waals surface area (Å²) in [6.45, 7) is 2.69. The molecule has 0 aromatic carbocycles. The van der Waals surface area contributed by atoms with Gasteiger partial charge in [-0.3, -0.25) is 0 Å². The lowest BCUT2D eigenvalue weighted by Gasteiger charge is -2.04. The fourth-order valence-corrected chi connectivity index (χ4v) is 2.36. The fraction of sp³-hybridized carbons (Fsp3) is 0.333. The Kier molecular flexibility index (Phi) is 4.35. The number of carbonyl (C=O) groups excluding carboxylic acids is 1. The van der Waals surface area contributed by atoms with E-state index in [1.54, 1.807) is 24.6 Å². The maximum Gasteiger partial charge on any atom is 0.407 e. The van der Waals surface area contributed by atoms with E-state index in [0.717, 1.165) is 16.3 Å². The summed E-state index contributed by atoms with van der Waals surface area (Å²) in [6, 6.07) is 4.03. The van der Waals surface area contributed by atoms with Gasteiger partial charge in [0.1, 0.15) is 5.69 Å². The van der Waals surface area contributed by atoms with Crippen molar-refractivity contribution >= 4 is 17.4 Å². The molecule has 96 valence electrons. The Hall–Kier alpha value is -1.82. The van der Waals surface area contributed by atoms with Gasteiger partial charge in [0.05, 0.1) is 17.8 Å². The Balaban J connectivity index is 1.91. The third kappa shape index (κ3) is 3.10. The second kappa shape index (κ2) is 6.20. The highest BCUT2D eigenvalue weighted by atomic mass is 32.1. The van der Waals surface area contributed by atoms with Gasteiger partial charge in [0.15, 0.2) is 0 Å². The molecule has 5 nitrogen and oxygen atoms in total. The van der Waals surface area contributed by atoms with E-state index >= 15 is 0 Å². The van der Waals surface area contributed by atoms with Crippen LogP contribution in [0, 0.1) is 0 Å². The predicted octanol–water partition coefficient (Wildman–Crippen LogP) is 2.43. The molecule has 0 radical (unpaired) electrons. The highest BCUT2D eigenvalue weighted by molar-refractivity contribution is 7.13. The predicted molar refractivity (Wildman–Crippen MR) is 70.6 cm³/mol. The minimum atomic E-state index is -0.380. The second-order valence-corrected chi connectivity index (χ2v) is 4.55. The van der Waals surface area contributed by atoms with Gasteiger partial charge >= 0.3 is 6.09 Å². The minimum absolute atomic E-state index is 0.380. The summed E-state index contributed by atoms with van der Waals surface area (Å²) in [4.78, 5) is 19.7. The van der Waals surface area contributed by atoms with Gasteiger partial charge in [-0.2, -0.15) is 0 Å². The quantitative estimate of drug-likeness (QED) is 0.872. The van der Waals surface area contributed by atoms with Crippen LogP contribution < -0.4 is 5.32 Å². The highest BCUT2D eigenvalue weighted by Gasteiger charge is 2.09. The van der Waals surface area contributed by atoms with Crippen molar-refractivity contribution in [1.29, 1.82) is 0 Å². The summed E-state index contributed by atoms with van der Waals surface area (Å²) in [6.07, 6.45) is 2.00. The second-order valence-electron chi connectivity index (χ2n) is 3.60. The molecule has 0 unspecified atom stereocenters. The maximum atomic E-state index is 11.1. The van der Waals surface area contributed by atoms with Crippen LogP contribution in [0.1, 0.15) is 12.6 Å². The van der Waals surface area contributed by atoms with Gasteiger partial charge in [-0.05, 0) is 18.4 Å². The van der Waals surface area contributed by atoms with Crippen molar-refractivity contribution in [3.63, 3.8) is 0 Å². The van der Waals surface area contributed by atoms with Gasteiger partial charge < -0.3 is 15.0 Å². The average molecular weight is 265 g/mol. The SMILES string of the molecule is CCOC(=O)NCCc1[nH]cnc1-c1cccs1. The lowest BCUT2D eigenvalue weighted by atomic mass is 10.2. The summed E-state index contributed by atoms with van der Waals surface area (Å²) in [5, 5.41) is 4.71. The Morgan fingerprint density at radius 3 is 3.22 bits per heavy atom. The number of aromatic amines is 1. The van der Waals surface area contributed by atoms with E-state index in [0.29, 0.717) is 19.6 Å². The lowest BCUT2D eigenvalue weighted by Crippen LogP contribution is -2.26. The molecule has 0 spiro atoms. The van der Waals surface area contributed by atoms with Crippen molar-refractivity contribution in [3.8, 4) is 10.6 Å². The van der Waals surface area contributed by atoms with Crippen LogP contribution in [0.2, 0.25) is 0 Å². The standard InChI is InChI=1S/C12H15N3O2S/c1-2-17-12(16)13-6-5-9-11(15-8-14-9)10-4-3-7-18-10/h3-4,7-8H,2,5-6H2,1H3,(H,13,16)(H,14,15). The van der Waals surface area contributed by atoms with E-state index in [9.17, 15) is 4.79 Å². The molecule has 1 amide bonds. The molecule has 0 atom stereocenters. The number of hydrogen-bond acceptors (Lipinski definition) is 4. The monoisotopic (exact) mass is 265 g/mol. The van der Waals surface area contributed by atoms with E-state index in [1.807, 2.05) is 17.5 Å². The van der Waals surface area contributed by atoms with Gasteiger partial charge in [0, 0.05) is 18.7 Å². The van der Waals surface area contributed by atoms with E-state index in [2.05, 4.69) is 15.3 Å². The molecule has 2 heterocycles. The Labute approximate surface area is 109 Å². The van der Waals surface area contributed by atoms with Crippen LogP contribution in [0.5, 0.6) is 0 Å². The van der Waals surface area contributed by atoms with E-state index in [1.165, 1.54) is 0 Å². The van der Waals surface area contributed by atoms with E-state index in [4.69, 9.17) is 4.74 Å². The van der Waals surface area contributed by atoms with Crippen molar-refractivity contribution in [2.24, 2.45) is 0 Å². The zero-order valence-corrected chi connectivity index (χ0v) is 10.9. The number of aromatic nitrogens is 2. The molecular weight excluding hydrogens is 250 g/mol. The Morgan fingerprint density at radius 1 is 1.61 bits per heavy atom. The Morgan fingerprint density at radius 2 is 2.50 bits per heavy atom. The van der Waals surface area contributed by atoms with Crippen LogP contribution in [0.15, 0.2) is 23.8 Å². The molecule has 2 rings (SSSR count). The lowest BCUT2D eigenvalue weighted by molar-refractivity contribution is 0.152. The highest BCUT2D eigenvalue weighted by Crippen LogP contribution is 2.25. The summed E-state index contributed by atoms with van der Waals surface area (Å²) in [7, 11) is 0. The van der Waals surface area contributed by atoms with Crippen LogP contribution in [-0.4, -0.2) is 29.2 Å². The van der Waals surface area contributed by atoms with Gasteiger partial charge in [0.25, 0.3) is 0 Å². The summed E-state index contributed by atoms with van der Waals surface area (Å²) < 4.78 is 4.79. The van der Waals surface area contributed by atoms with Crippen molar-refractivity contribution in [1.82, 2.24) is 15.3 Å². The first-order valence-corrected chi connectivity index (χ1v) is 6.66. The third-order valence-corrected chi connectivity index (χ3v) is 3.27. The number of amides is 1. The van der Waals surface area contributed by atoms with Crippen molar-refractivity contribution in [2.45, 2.75) is 13.3 Å². The molecular formula is C12H15N3O2S. The minimum Gasteiger partial charge on any atom is -0.450 e. The van der Waals surface area contributed by atoms with Crippen molar-refractivity contribution in [3.05, 3.63) is 29.5 Å². The molecule has 0 aliphatic carbocycles. The number of H-pyrrole nitrogens is 1. The van der Waals surface area contributed by atoms with Crippen LogP contribution in [0.25, 0.3) is 10.6 Å². The fourth-order valence-electron chi connectivity index (χ4n) is 1.61. The number of carbonyl (C=O) groups is 1. The molecule has 0 aliphatic rings. The third-order valence-electron chi connectivity index (χ3n) is 2.39. The number of nitrogens with zero attached hydrogens (tertiary/aromatic N) is 1. The number of hydrogen-bond donors (Lipinski definition) is 2. The maximum absolute atomic E-state index is 11.1. The van der Waals surface area contributed by atoms with Gasteiger partial charge in [-0.1, -0.05) is 6.07 Å². The topological polar surface area (TPSA) is 67.0 Å². The normalized spacial score (nSPS) is 10.3. The Bertz CT molecular complexity index is 493. The van der Waals surface area contributed by atoms with Gasteiger partial charge in [-0.25, -0.2) is 9.78 Å². The molecule has 2 aromatic heterocycles. The molecule has 2 aromatic rings. The van der Waals surface area contributed by atoms with Crippen LogP contribution >= 0.6 is 11.3 Å². The zero-order valence-electron chi connectivity index (χ0n) is 10.1. The number of thiophene rings is 1. The molecule has 0 saturated carbocycles. The van der Waals surface area contributed by atoms with E-state index < -0.39 is 0 Å². The first-order chi connectivity index (χ1) is 8.81. The zero-order chi connectivity index (χ0) is 12.8. The largest absolute Gasteiger partial charge is 0.450 e. The van der Waals surface area contributed by atoms with Gasteiger partial charge in [0.2, 0.25) is 0 Å². The number of rotatable bonds is 5. The van der Waals surface area contributed by atoms with E-state index in [-0.39, 0.29) is 6.09 Å². The smallest absolute Gasteiger partial charge is 0.407 e. The average Bonchev–Trinajstić information content (AvgIpc) is 2.98. The molecule has 0 saturated heterocycles. The summed E-state index contributed by atoms with van der Waals surface area (Å²) >= 11 is 1.65. The number of ether oxygens (including phenoxy) is 1. The molecule has 2 N–H and O–H groups in total. The number of alkyl carbamates (subject to hydrolysis) is 1. The van der Waals surface area contributed by atoms with Crippen molar-refractivity contribution < 1.29 is 9.53 Å². The molecule has 0 bridgehead atoms. The van der Waals surface area contributed by atoms with Crippen LogP contribution in [-0.2, 0) is 11.2 Å². The number of imidazole rings is 1. The number of nitrogens with one attached hydrogen (secondary N) is 2. The van der Waals surface area contributed by atoms with Crippen molar-refractivity contribution in [2.75, 3.05) is 13.2 Å². The first-order valence-electron chi connectivity index (χ1n) is 5.78. The van der Waals surface area contributed by atoms with Gasteiger partial charge in [-0.15, -0.1) is 11.3 Å². The molecule has 6 heteroatoms. The first kappa shape index (κ1) is 12.6. The molecule has 18 heavy (non-hydrogen) atoms. The molecule has 0 fully saturated rings. The van der Waals surface area contributed by atoms with Crippen LogP contribution in [0.3, 0.4) is 0 Å². The summed E-state index contributed by atoms with van der Waals surface area (Å²) in [5.41, 5.74) is 1.98.